The molecule has 0 aromatic carbocycles. The molecular formula is C6H12N6O3S. The van der Waals surface area contributed by atoms with Gasteiger partial charge in [-0.15, -0.1) is 10.2 Å². The maximum Gasteiger partial charge on any atom is 0.280 e. The van der Waals surface area contributed by atoms with Crippen molar-refractivity contribution < 1.29 is 13.2 Å². The van der Waals surface area contributed by atoms with Crippen LogP contribution >= 0.6 is 0 Å². The van der Waals surface area contributed by atoms with Crippen molar-refractivity contribution in [3.05, 3.63) is 5.82 Å². The van der Waals surface area contributed by atoms with E-state index < -0.39 is 10.2 Å². The lowest BCUT2D eigenvalue weighted by Gasteiger charge is -2.25. The number of H-pyrrole nitrogens is 1. The van der Waals surface area contributed by atoms with Crippen molar-refractivity contribution in [3.8, 4) is 0 Å². The van der Waals surface area contributed by atoms with Crippen molar-refractivity contribution in [2.24, 2.45) is 0 Å². The Balaban J connectivity index is 1.91. The number of hydrogen-bond acceptors (Lipinski definition) is 6. The molecule has 1 aliphatic heterocycles. The van der Waals surface area contributed by atoms with E-state index in [1.54, 1.807) is 0 Å². The molecule has 0 bridgehead atoms. The SMILES string of the molecule is O=S(=O)(NCc1nn[nH]n1)N1CCOCC1. The van der Waals surface area contributed by atoms with E-state index in [1.807, 2.05) is 0 Å². The molecule has 0 amide bonds. The van der Waals surface area contributed by atoms with Gasteiger partial charge in [0.2, 0.25) is 0 Å². The van der Waals surface area contributed by atoms with Crippen LogP contribution in [0.2, 0.25) is 0 Å². The lowest BCUT2D eigenvalue weighted by molar-refractivity contribution is 0.0724. The summed E-state index contributed by atoms with van der Waals surface area (Å²) in [6.07, 6.45) is 0. The molecule has 2 N–H and O–H groups in total. The van der Waals surface area contributed by atoms with E-state index in [0.717, 1.165) is 0 Å². The monoisotopic (exact) mass is 248 g/mol. The fourth-order valence-corrected chi connectivity index (χ4v) is 2.42. The van der Waals surface area contributed by atoms with Crippen LogP contribution in [-0.2, 0) is 21.5 Å². The van der Waals surface area contributed by atoms with E-state index >= 15 is 0 Å². The van der Waals surface area contributed by atoms with Gasteiger partial charge in [-0.25, -0.2) is 0 Å². The van der Waals surface area contributed by atoms with Crippen LogP contribution in [0.5, 0.6) is 0 Å². The molecule has 2 heterocycles. The maximum atomic E-state index is 11.8. The second kappa shape index (κ2) is 4.82. The molecule has 1 fully saturated rings. The molecule has 1 aliphatic rings. The van der Waals surface area contributed by atoms with Gasteiger partial charge in [-0.05, 0) is 0 Å². The van der Waals surface area contributed by atoms with E-state index in [1.165, 1.54) is 4.31 Å². The third-order valence-electron chi connectivity index (χ3n) is 2.11. The van der Waals surface area contributed by atoms with Crippen molar-refractivity contribution in [2.75, 3.05) is 26.3 Å². The number of nitrogens with zero attached hydrogens (tertiary/aromatic N) is 4. The second-order valence-electron chi connectivity index (χ2n) is 3.17. The minimum absolute atomic E-state index is 0.0240. The molecule has 0 atom stereocenters. The van der Waals surface area contributed by atoms with Gasteiger partial charge in [-0.2, -0.15) is 22.7 Å². The van der Waals surface area contributed by atoms with Gasteiger partial charge in [0.25, 0.3) is 10.2 Å². The highest BCUT2D eigenvalue weighted by Gasteiger charge is 2.23. The predicted octanol–water partition coefficient (Wildman–Crippen LogP) is -2.13. The highest BCUT2D eigenvalue weighted by Crippen LogP contribution is 2.03. The first kappa shape index (κ1) is 11.4. The van der Waals surface area contributed by atoms with Gasteiger partial charge in [0, 0.05) is 13.1 Å². The van der Waals surface area contributed by atoms with Crippen LogP contribution in [-0.4, -0.2) is 59.7 Å². The van der Waals surface area contributed by atoms with Crippen molar-refractivity contribution >= 4 is 10.2 Å². The lowest BCUT2D eigenvalue weighted by atomic mass is 10.5. The third-order valence-corrected chi connectivity index (χ3v) is 3.67. The van der Waals surface area contributed by atoms with Crippen molar-refractivity contribution in [3.63, 3.8) is 0 Å². The first-order valence-electron chi connectivity index (χ1n) is 4.73. The van der Waals surface area contributed by atoms with E-state index in [0.29, 0.717) is 32.1 Å². The predicted molar refractivity (Wildman–Crippen MR) is 52.3 cm³/mol. The van der Waals surface area contributed by atoms with Gasteiger partial charge in [0.15, 0.2) is 5.82 Å². The van der Waals surface area contributed by atoms with E-state index in [9.17, 15) is 8.42 Å². The largest absolute Gasteiger partial charge is 0.379 e. The molecular weight excluding hydrogens is 236 g/mol. The molecule has 0 radical (unpaired) electrons. The average molecular weight is 248 g/mol. The standard InChI is InChI=1S/C6H12N6O3S/c13-16(14,12-1-3-15-4-2-12)7-5-6-8-10-11-9-6/h7H,1-5H2,(H,8,9,10,11). The topological polar surface area (TPSA) is 113 Å². The van der Waals surface area contributed by atoms with Gasteiger partial charge in [0.05, 0.1) is 19.8 Å². The van der Waals surface area contributed by atoms with Crippen LogP contribution in [0.4, 0.5) is 0 Å². The Hall–Kier alpha value is -1.10. The molecule has 0 saturated carbocycles. The first-order valence-corrected chi connectivity index (χ1v) is 6.17. The Morgan fingerprint density at radius 3 is 2.81 bits per heavy atom. The molecule has 1 aromatic rings. The molecule has 0 aliphatic carbocycles. The molecule has 0 unspecified atom stereocenters. The van der Waals surface area contributed by atoms with Crippen molar-refractivity contribution in [2.45, 2.75) is 6.54 Å². The van der Waals surface area contributed by atoms with Gasteiger partial charge in [0.1, 0.15) is 0 Å². The molecule has 1 saturated heterocycles. The number of aromatic amines is 1. The number of tetrazole rings is 1. The molecule has 9 nitrogen and oxygen atoms in total. The van der Waals surface area contributed by atoms with E-state index in [-0.39, 0.29) is 6.54 Å². The van der Waals surface area contributed by atoms with E-state index in [2.05, 4.69) is 25.3 Å². The summed E-state index contributed by atoms with van der Waals surface area (Å²) in [7, 11) is -3.48. The van der Waals surface area contributed by atoms with Gasteiger partial charge >= 0.3 is 0 Å². The summed E-state index contributed by atoms with van der Waals surface area (Å²) >= 11 is 0. The Morgan fingerprint density at radius 1 is 1.44 bits per heavy atom. The zero-order valence-corrected chi connectivity index (χ0v) is 9.27. The molecule has 16 heavy (non-hydrogen) atoms. The number of nitrogens with one attached hydrogen (secondary N) is 2. The van der Waals surface area contributed by atoms with Gasteiger partial charge in [-0.3, -0.25) is 0 Å². The fourth-order valence-electron chi connectivity index (χ4n) is 1.29. The highest BCUT2D eigenvalue weighted by atomic mass is 32.2. The Bertz CT molecular complexity index is 411. The zero-order chi connectivity index (χ0) is 11.4. The maximum absolute atomic E-state index is 11.8. The Labute approximate surface area is 92.3 Å². The number of hydrogen-bond donors (Lipinski definition) is 2. The minimum Gasteiger partial charge on any atom is -0.379 e. The zero-order valence-electron chi connectivity index (χ0n) is 8.46. The quantitative estimate of drug-likeness (QED) is 0.629. The summed E-state index contributed by atoms with van der Waals surface area (Å²) in [6, 6.07) is 0. The molecule has 1 aromatic heterocycles. The van der Waals surface area contributed by atoms with Crippen LogP contribution in [0.15, 0.2) is 0 Å². The fraction of sp³-hybridized carbons (Fsp3) is 0.833. The van der Waals surface area contributed by atoms with E-state index in [4.69, 9.17) is 4.74 Å². The van der Waals surface area contributed by atoms with Crippen LogP contribution in [0.1, 0.15) is 5.82 Å². The minimum atomic E-state index is -3.48. The molecule has 90 valence electrons. The van der Waals surface area contributed by atoms with Crippen LogP contribution < -0.4 is 4.72 Å². The highest BCUT2D eigenvalue weighted by molar-refractivity contribution is 7.87. The number of ether oxygens (including phenoxy) is 1. The summed E-state index contributed by atoms with van der Waals surface area (Å²) in [5.74, 6) is 0.303. The Morgan fingerprint density at radius 2 is 2.19 bits per heavy atom. The Kier molecular flexibility index (Phi) is 3.43. The molecule has 2 rings (SSSR count). The second-order valence-corrected chi connectivity index (χ2v) is 4.92. The summed E-state index contributed by atoms with van der Waals surface area (Å²) in [5, 5.41) is 12.9. The number of rotatable bonds is 4. The van der Waals surface area contributed by atoms with Crippen LogP contribution in [0, 0.1) is 0 Å². The van der Waals surface area contributed by atoms with Crippen LogP contribution in [0.3, 0.4) is 0 Å². The normalized spacial score (nSPS) is 18.8. The van der Waals surface area contributed by atoms with Gasteiger partial charge in [-0.1, -0.05) is 5.21 Å². The third kappa shape index (κ3) is 2.72. The smallest absolute Gasteiger partial charge is 0.280 e. The lowest BCUT2D eigenvalue weighted by Crippen LogP contribution is -2.46. The average Bonchev–Trinajstić information content (AvgIpc) is 2.81. The van der Waals surface area contributed by atoms with Crippen LogP contribution in [0.25, 0.3) is 0 Å². The summed E-state index contributed by atoms with van der Waals surface area (Å²) in [6.45, 7) is 1.59. The summed E-state index contributed by atoms with van der Waals surface area (Å²) in [5.41, 5.74) is 0. The van der Waals surface area contributed by atoms with Crippen molar-refractivity contribution in [1.29, 1.82) is 0 Å². The summed E-state index contributed by atoms with van der Waals surface area (Å²) < 4.78 is 32.3. The number of aromatic nitrogens is 4. The summed E-state index contributed by atoms with van der Waals surface area (Å²) in [4.78, 5) is 0. The van der Waals surface area contributed by atoms with Crippen molar-refractivity contribution in [1.82, 2.24) is 29.7 Å². The first-order chi connectivity index (χ1) is 7.68. The number of morpholine rings is 1. The molecule has 0 spiro atoms. The van der Waals surface area contributed by atoms with Gasteiger partial charge < -0.3 is 4.74 Å². The molecule has 10 heteroatoms.